The molecule has 0 bridgehead atoms. The number of anilines is 1. The molecule has 0 spiro atoms. The minimum atomic E-state index is -4.19. The molecule has 0 aliphatic carbocycles. The van der Waals surface area contributed by atoms with Crippen molar-refractivity contribution in [3.8, 4) is 0 Å². The van der Waals surface area contributed by atoms with Gasteiger partial charge in [0.05, 0.1) is 5.69 Å². The average molecular weight is 573 g/mol. The average Bonchev–Trinajstić information content (AvgIpc) is 2.90. The van der Waals surface area contributed by atoms with Gasteiger partial charge in [-0.25, -0.2) is 13.1 Å². The van der Waals surface area contributed by atoms with E-state index in [-0.39, 0.29) is 24.7 Å². The zero-order valence-corrected chi connectivity index (χ0v) is 23.7. The van der Waals surface area contributed by atoms with Crippen LogP contribution in [0.2, 0.25) is 0 Å². The Bertz CT molecular complexity index is 1380. The molecule has 3 aromatic carbocycles. The maximum absolute atomic E-state index is 14.0. The Morgan fingerprint density at radius 1 is 0.825 bits per heavy atom. The van der Waals surface area contributed by atoms with E-state index in [1.165, 1.54) is 55.4 Å². The van der Waals surface area contributed by atoms with E-state index in [0.717, 1.165) is 26.3 Å². The molecule has 0 aromatic heterocycles. The Labute approximate surface area is 234 Å². The first-order valence-corrected chi connectivity index (χ1v) is 14.1. The predicted molar refractivity (Wildman–Crippen MR) is 151 cm³/mol. The molecule has 3 rings (SSSR count). The second-order valence-corrected chi connectivity index (χ2v) is 11.9. The van der Waals surface area contributed by atoms with E-state index in [1.807, 2.05) is 30.3 Å². The third-order valence-electron chi connectivity index (χ3n) is 6.10. The molecule has 1 atom stereocenters. The monoisotopic (exact) mass is 572 g/mol. The largest absolute Gasteiger partial charge is 0.352 e. The van der Waals surface area contributed by atoms with Gasteiger partial charge in [0.1, 0.15) is 24.2 Å². The van der Waals surface area contributed by atoms with Gasteiger partial charge in [-0.05, 0) is 61.4 Å². The van der Waals surface area contributed by atoms with Crippen molar-refractivity contribution in [2.75, 3.05) is 24.9 Å². The predicted octanol–water partition coefficient (Wildman–Crippen LogP) is 3.74. The fourth-order valence-corrected chi connectivity index (χ4v) is 5.10. The highest BCUT2D eigenvalue weighted by Crippen LogP contribution is 2.22. The fraction of sp³-hybridized carbons (Fsp3) is 0.310. The van der Waals surface area contributed by atoms with E-state index in [2.05, 4.69) is 5.32 Å². The molecule has 0 aliphatic heterocycles. The summed E-state index contributed by atoms with van der Waals surface area (Å²) in [6.07, 6.45) is 0.156. The first kappa shape index (κ1) is 30.7. The number of hydrogen-bond donors (Lipinski definition) is 1. The molecule has 0 radical (unpaired) electrons. The van der Waals surface area contributed by atoms with E-state index in [0.29, 0.717) is 5.56 Å². The second kappa shape index (κ2) is 13.5. The van der Waals surface area contributed by atoms with Gasteiger partial charge in [0.25, 0.3) is 0 Å². The highest BCUT2D eigenvalue weighted by molar-refractivity contribution is 7.90. The quantitative estimate of drug-likeness (QED) is 0.358. The smallest absolute Gasteiger partial charge is 0.304 e. The van der Waals surface area contributed by atoms with Crippen molar-refractivity contribution in [3.63, 3.8) is 0 Å². The molecule has 0 fully saturated rings. The summed E-state index contributed by atoms with van der Waals surface area (Å²) in [6.45, 7) is 2.85. The number of nitrogens with zero attached hydrogens (tertiary/aromatic N) is 3. The maximum atomic E-state index is 14.0. The summed E-state index contributed by atoms with van der Waals surface area (Å²) in [5, 5.41) is 2.86. The van der Waals surface area contributed by atoms with Crippen molar-refractivity contribution in [2.24, 2.45) is 0 Å². The molecule has 8 nitrogen and oxygen atoms in total. The van der Waals surface area contributed by atoms with Crippen molar-refractivity contribution in [1.82, 2.24) is 14.5 Å². The highest BCUT2D eigenvalue weighted by Gasteiger charge is 2.34. The summed E-state index contributed by atoms with van der Waals surface area (Å²) in [7, 11) is -1.55. The Kier molecular flexibility index (Phi) is 10.4. The van der Waals surface area contributed by atoms with Crippen molar-refractivity contribution in [2.45, 2.75) is 38.9 Å². The lowest BCUT2D eigenvalue weighted by Gasteiger charge is -2.34. The van der Waals surface area contributed by atoms with Gasteiger partial charge in [-0.2, -0.15) is 12.7 Å². The van der Waals surface area contributed by atoms with Crippen LogP contribution in [-0.4, -0.2) is 62.2 Å². The van der Waals surface area contributed by atoms with Crippen LogP contribution >= 0.6 is 0 Å². The number of rotatable bonds is 12. The topological polar surface area (TPSA) is 90.0 Å². The molecule has 1 N–H and O–H groups in total. The van der Waals surface area contributed by atoms with Crippen LogP contribution in [0, 0.1) is 11.6 Å². The zero-order chi connectivity index (χ0) is 29.4. The van der Waals surface area contributed by atoms with Gasteiger partial charge in [0.2, 0.25) is 11.8 Å². The number of amides is 2. The number of carbonyl (C=O) groups excluding carboxylic acids is 2. The lowest BCUT2D eigenvalue weighted by atomic mass is 10.0. The van der Waals surface area contributed by atoms with Crippen molar-refractivity contribution >= 4 is 27.7 Å². The molecule has 0 aliphatic rings. The lowest BCUT2D eigenvalue weighted by molar-refractivity contribution is -0.140. The summed E-state index contributed by atoms with van der Waals surface area (Å²) >= 11 is 0. The third-order valence-corrected chi connectivity index (χ3v) is 7.92. The number of hydrogen-bond acceptors (Lipinski definition) is 4. The standard InChI is InChI=1S/C29H34F2N4O4S/c1-21(2)32-29(37)27(18-22-8-6-5-7-9-22)34(19-23-10-12-24(30)13-11-23)28(36)20-35(40(38,39)33(3)4)26-16-14-25(31)15-17-26/h5-17,21,27H,18-20H2,1-4H3,(H,32,37). The fourth-order valence-electron chi connectivity index (χ4n) is 4.05. The minimum absolute atomic E-state index is 0.0800. The van der Waals surface area contributed by atoms with E-state index < -0.39 is 46.2 Å². The molecule has 40 heavy (non-hydrogen) atoms. The number of nitrogens with one attached hydrogen (secondary N) is 1. The summed E-state index contributed by atoms with van der Waals surface area (Å²) in [4.78, 5) is 28.8. The van der Waals surface area contributed by atoms with Crippen LogP contribution in [0.25, 0.3) is 0 Å². The second-order valence-electron chi connectivity index (χ2n) is 9.79. The molecule has 2 amide bonds. The van der Waals surface area contributed by atoms with Gasteiger partial charge >= 0.3 is 10.2 Å². The van der Waals surface area contributed by atoms with Crippen molar-refractivity contribution in [1.29, 1.82) is 0 Å². The Balaban J connectivity index is 2.08. The van der Waals surface area contributed by atoms with E-state index in [1.54, 1.807) is 13.8 Å². The Morgan fingerprint density at radius 3 is 1.90 bits per heavy atom. The molecular weight excluding hydrogens is 538 g/mol. The maximum Gasteiger partial charge on any atom is 0.304 e. The van der Waals surface area contributed by atoms with E-state index in [9.17, 15) is 26.8 Å². The minimum Gasteiger partial charge on any atom is -0.352 e. The third kappa shape index (κ3) is 8.09. The van der Waals surface area contributed by atoms with Crippen LogP contribution in [0.4, 0.5) is 14.5 Å². The summed E-state index contributed by atoms with van der Waals surface area (Å²) in [5.41, 5.74) is 1.42. The Hall–Kier alpha value is -3.83. The van der Waals surface area contributed by atoms with Crippen LogP contribution in [0.1, 0.15) is 25.0 Å². The van der Waals surface area contributed by atoms with Gasteiger partial charge in [-0.3, -0.25) is 9.59 Å². The zero-order valence-electron chi connectivity index (χ0n) is 22.9. The summed E-state index contributed by atoms with van der Waals surface area (Å²) < 4.78 is 55.7. The molecule has 0 saturated carbocycles. The highest BCUT2D eigenvalue weighted by atomic mass is 32.2. The number of carbonyl (C=O) groups is 2. The van der Waals surface area contributed by atoms with Gasteiger partial charge in [0.15, 0.2) is 0 Å². The first-order chi connectivity index (χ1) is 18.9. The van der Waals surface area contributed by atoms with Gasteiger partial charge < -0.3 is 10.2 Å². The van der Waals surface area contributed by atoms with Gasteiger partial charge in [-0.15, -0.1) is 0 Å². The van der Waals surface area contributed by atoms with Gasteiger partial charge in [0, 0.05) is 33.1 Å². The Morgan fingerprint density at radius 2 is 1.38 bits per heavy atom. The molecule has 0 saturated heterocycles. The molecule has 3 aromatic rings. The normalized spacial score (nSPS) is 12.3. The number of benzene rings is 3. The van der Waals surface area contributed by atoms with Crippen molar-refractivity contribution in [3.05, 3.63) is 102 Å². The molecular formula is C29H34F2N4O4S. The van der Waals surface area contributed by atoms with Crippen LogP contribution in [0.3, 0.4) is 0 Å². The van der Waals surface area contributed by atoms with Gasteiger partial charge in [-0.1, -0.05) is 42.5 Å². The van der Waals surface area contributed by atoms with Crippen LogP contribution < -0.4 is 9.62 Å². The molecule has 1 unspecified atom stereocenters. The SMILES string of the molecule is CC(C)NC(=O)C(Cc1ccccc1)N(Cc1ccc(F)cc1)C(=O)CN(c1ccc(F)cc1)S(=O)(=O)N(C)C. The van der Waals surface area contributed by atoms with Crippen LogP contribution in [0.5, 0.6) is 0 Å². The lowest BCUT2D eigenvalue weighted by Crippen LogP contribution is -2.55. The first-order valence-electron chi connectivity index (χ1n) is 12.7. The summed E-state index contributed by atoms with van der Waals surface area (Å²) in [6, 6.07) is 18.1. The summed E-state index contributed by atoms with van der Waals surface area (Å²) in [5.74, 6) is -2.11. The van der Waals surface area contributed by atoms with Crippen molar-refractivity contribution < 1.29 is 26.8 Å². The van der Waals surface area contributed by atoms with Crippen LogP contribution in [0.15, 0.2) is 78.9 Å². The number of halogens is 2. The molecule has 11 heteroatoms. The van der Waals surface area contributed by atoms with E-state index >= 15 is 0 Å². The van der Waals surface area contributed by atoms with E-state index in [4.69, 9.17) is 0 Å². The molecule has 0 heterocycles. The molecule has 214 valence electrons. The van der Waals surface area contributed by atoms with Crippen LogP contribution in [-0.2, 0) is 32.8 Å².